The SMILES string of the molecule is CCCCc1ccc(CNCc2c(O)cc3c(c2O)-c2cc(ccc2O)[C@H]2NC(=O)[C@@H]4NC(=O)[C@H]5NC(=O)[C@@H](Cc6ccc(c(Cl)c6)Oc6cc4cc(c6O)Oc4ccc(cc4Cl)[C@@H](O)[C@H](NC2=O)C(=O)N[C@@H]3C(=O)O)NC(=O)[C@@H](N)c2ccc(O)c(c2)Oc2cc(O)cc5c2)cc1. The average molecular weight is 1370 g/mol. The van der Waals surface area contributed by atoms with Crippen LogP contribution in [0.3, 0.4) is 0 Å². The minimum atomic E-state index is -2.23. The summed E-state index contributed by atoms with van der Waals surface area (Å²) in [6.07, 6.45) is 0.375. The number of carboxylic acid groups (broad SMARTS) is 1. The van der Waals surface area contributed by atoms with Gasteiger partial charge in [0.25, 0.3) is 0 Å². The van der Waals surface area contributed by atoms with Crippen LogP contribution in [0.5, 0.6) is 69.0 Å². The number of aryl methyl sites for hydroxylation is 1. The Kier molecular flexibility index (Phi) is 18.7. The number of aliphatic hydroxyl groups excluding tert-OH is 1. The summed E-state index contributed by atoms with van der Waals surface area (Å²) in [6.45, 7) is 2.02. The van der Waals surface area contributed by atoms with Gasteiger partial charge in [-0.2, -0.15) is 0 Å². The molecule has 8 aromatic carbocycles. The zero-order valence-corrected chi connectivity index (χ0v) is 53.1. The lowest BCUT2D eigenvalue weighted by Crippen LogP contribution is -2.55. The van der Waals surface area contributed by atoms with E-state index in [9.17, 15) is 55.2 Å². The highest BCUT2D eigenvalue weighted by molar-refractivity contribution is 6.32. The van der Waals surface area contributed by atoms with Crippen molar-refractivity contribution < 1.29 is 88.6 Å². The molecule has 98 heavy (non-hydrogen) atoms. The lowest BCUT2D eigenvalue weighted by Gasteiger charge is -2.31. The first kappa shape index (κ1) is 66.7. The Balaban J connectivity index is 1.04. The summed E-state index contributed by atoms with van der Waals surface area (Å²) in [6, 6.07) is 15.2. The summed E-state index contributed by atoms with van der Waals surface area (Å²) in [4.78, 5) is 105. The highest BCUT2D eigenvalue weighted by Crippen LogP contribution is 2.49. The fourth-order valence-electron chi connectivity index (χ4n) is 12.0. The molecule has 28 heteroatoms. The highest BCUT2D eigenvalue weighted by atomic mass is 35.5. The molecule has 14 rings (SSSR count). The van der Waals surface area contributed by atoms with Gasteiger partial charge in [0.15, 0.2) is 29.0 Å². The number of aliphatic carboxylic acids is 1. The summed E-state index contributed by atoms with van der Waals surface area (Å²) in [5.74, 6) is -14.9. The Hall–Kier alpha value is -11.3. The van der Waals surface area contributed by atoms with E-state index < -0.39 is 152 Å². The molecule has 0 radical (unpaired) electrons. The minimum absolute atomic E-state index is 0.117. The van der Waals surface area contributed by atoms with Crippen molar-refractivity contribution in [3.63, 3.8) is 0 Å². The molecule has 0 unspecified atom stereocenters. The number of halogens is 2. The minimum Gasteiger partial charge on any atom is -0.508 e. The molecule has 17 bridgehead atoms. The second-order valence-corrected chi connectivity index (χ2v) is 24.7. The summed E-state index contributed by atoms with van der Waals surface area (Å²) in [5, 5.41) is 112. The van der Waals surface area contributed by atoms with Gasteiger partial charge in [-0.1, -0.05) is 85.1 Å². The van der Waals surface area contributed by atoms with Gasteiger partial charge in [0.2, 0.25) is 41.2 Å². The van der Waals surface area contributed by atoms with Crippen molar-refractivity contribution in [2.75, 3.05) is 0 Å². The molecule has 0 aromatic heterocycles. The number of hydrogen-bond donors (Lipinski definition) is 16. The third kappa shape index (κ3) is 13.6. The Morgan fingerprint density at radius 2 is 1.14 bits per heavy atom. The van der Waals surface area contributed by atoms with E-state index >= 15 is 19.2 Å². The monoisotopic (exact) mass is 1370 g/mol. The molecule has 0 saturated heterocycles. The van der Waals surface area contributed by atoms with Gasteiger partial charge in [-0.3, -0.25) is 28.8 Å². The normalized spacial score (nSPS) is 20.7. The first-order valence-corrected chi connectivity index (χ1v) is 31.5. The quantitative estimate of drug-likeness (QED) is 0.0695. The number of nitrogens with two attached hydrogens (primary N) is 1. The topological polar surface area (TPSA) is 419 Å². The molecule has 6 aliphatic rings. The third-order valence-corrected chi connectivity index (χ3v) is 17.8. The lowest BCUT2D eigenvalue weighted by atomic mass is 9.88. The molecule has 0 aliphatic carbocycles. The van der Waals surface area contributed by atoms with Crippen LogP contribution in [-0.2, 0) is 59.5 Å². The van der Waals surface area contributed by atoms with E-state index in [4.69, 9.17) is 43.1 Å². The van der Waals surface area contributed by atoms with Gasteiger partial charge in [0.1, 0.15) is 82.6 Å². The number of rotatable bonds is 8. The third-order valence-electron chi connectivity index (χ3n) is 17.2. The number of ether oxygens (including phenoxy) is 3. The molecule has 26 nitrogen and oxygen atoms in total. The summed E-state index contributed by atoms with van der Waals surface area (Å²) >= 11 is 13.8. The number of phenolic OH excluding ortho intramolecular Hbond substituents is 6. The number of fused-ring (bicyclic) bond motifs is 14. The van der Waals surface area contributed by atoms with E-state index in [0.717, 1.165) is 85.0 Å². The van der Waals surface area contributed by atoms with Crippen LogP contribution in [-0.4, -0.2) is 94.3 Å². The van der Waals surface area contributed by atoms with Crippen molar-refractivity contribution in [3.05, 3.63) is 199 Å². The lowest BCUT2D eigenvalue weighted by molar-refractivity contribution is -0.143. The van der Waals surface area contributed by atoms with Gasteiger partial charge < -0.3 is 98.0 Å². The molecular formula is C70H62Cl2N8O18. The molecule has 0 spiro atoms. The van der Waals surface area contributed by atoms with Crippen molar-refractivity contribution >= 4 is 64.6 Å². The molecule has 6 aliphatic heterocycles. The first-order chi connectivity index (χ1) is 46.9. The molecule has 8 aromatic rings. The maximum atomic E-state index is 16.0. The second kappa shape index (κ2) is 27.4. The molecular weight excluding hydrogens is 1310 g/mol. The summed E-state index contributed by atoms with van der Waals surface area (Å²) in [5.41, 5.74) is 6.17. The highest BCUT2D eigenvalue weighted by Gasteiger charge is 2.42. The van der Waals surface area contributed by atoms with Gasteiger partial charge in [0, 0.05) is 42.3 Å². The van der Waals surface area contributed by atoms with Crippen molar-refractivity contribution in [3.8, 4) is 80.1 Å². The number of aromatic hydroxyl groups is 6. The fourth-order valence-corrected chi connectivity index (χ4v) is 12.5. The van der Waals surface area contributed by atoms with Crippen LogP contribution in [0.2, 0.25) is 10.0 Å². The maximum absolute atomic E-state index is 16.0. The number of hydrogen-bond acceptors (Lipinski definition) is 19. The van der Waals surface area contributed by atoms with E-state index in [1.165, 1.54) is 54.6 Å². The number of nitrogens with one attached hydrogen (secondary N) is 7. The zero-order chi connectivity index (χ0) is 69.5. The fraction of sp³-hybridized carbons (Fsp3) is 0.214. The zero-order valence-electron chi connectivity index (χ0n) is 51.6. The molecule has 8 atom stereocenters. The van der Waals surface area contributed by atoms with Gasteiger partial charge in [-0.05, 0) is 136 Å². The van der Waals surface area contributed by atoms with Crippen molar-refractivity contribution in [1.29, 1.82) is 0 Å². The smallest absolute Gasteiger partial charge is 0.330 e. The van der Waals surface area contributed by atoms with Crippen molar-refractivity contribution in [2.45, 2.75) is 94.1 Å². The number of benzene rings is 8. The van der Waals surface area contributed by atoms with Gasteiger partial charge in [-0.25, -0.2) is 4.79 Å². The largest absolute Gasteiger partial charge is 0.508 e. The van der Waals surface area contributed by atoms with E-state index in [-0.39, 0.29) is 85.9 Å². The first-order valence-electron chi connectivity index (χ1n) is 30.7. The van der Waals surface area contributed by atoms with Crippen molar-refractivity contribution in [2.24, 2.45) is 5.73 Å². The molecule has 6 heterocycles. The molecule has 504 valence electrons. The Morgan fingerprint density at radius 3 is 1.82 bits per heavy atom. The van der Waals surface area contributed by atoms with E-state index in [1.807, 2.05) is 24.3 Å². The van der Waals surface area contributed by atoms with Gasteiger partial charge in [0.05, 0.1) is 15.6 Å². The van der Waals surface area contributed by atoms with E-state index in [1.54, 1.807) is 0 Å². The van der Waals surface area contributed by atoms with Crippen LogP contribution in [0.25, 0.3) is 11.1 Å². The summed E-state index contributed by atoms with van der Waals surface area (Å²) < 4.78 is 18.6. The van der Waals surface area contributed by atoms with Gasteiger partial charge >= 0.3 is 5.97 Å². The predicted molar refractivity (Wildman–Crippen MR) is 351 cm³/mol. The predicted octanol–water partition coefficient (Wildman–Crippen LogP) is 7.62. The van der Waals surface area contributed by atoms with Crippen LogP contribution in [0, 0.1) is 0 Å². The van der Waals surface area contributed by atoms with E-state index in [2.05, 4.69) is 44.1 Å². The second-order valence-electron chi connectivity index (χ2n) is 23.9. The number of phenols is 6. The maximum Gasteiger partial charge on any atom is 0.330 e. The Morgan fingerprint density at radius 1 is 0.541 bits per heavy atom. The summed E-state index contributed by atoms with van der Waals surface area (Å²) in [7, 11) is 0. The number of aliphatic hydroxyl groups is 1. The standard InChI is InChI=1S/C70H62Cl2N8O18/c1-2-3-4-30-5-7-31(8-6-30)28-74-29-42-48(84)27-41-54(62(42)86)40-21-34(11-13-46(40)82)56-66(90)80-60(69(93)79-59(41)70(94)95)61(85)35-12-16-50(44(72)22-35)98-53-25-37-24-52(63(53)87)97-49-15-9-32(17-43(49)71)18-45-64(88)76-57(67(91)78-58(37)68(92)77-56)36-19-38(81)26-39(20-36)96-51-23-33(10-14-47(51)83)55(73)65(89)75-45/h5-17,19-27,45,55-61,74,81-87H,2-4,18,28-29,73H2,1H3,(H,75,89)(H,76,88)(H,77,92)(H,78,91)(H,79,93)(H,80,90)(H,94,95)/t45-,55+,56-,57+,58-,59+,60+,61-/m1/s1. The molecule has 17 N–H and O–H groups in total. The van der Waals surface area contributed by atoms with Crippen molar-refractivity contribution in [1.82, 2.24) is 37.2 Å². The van der Waals surface area contributed by atoms with E-state index in [0.29, 0.717) is 5.56 Å². The van der Waals surface area contributed by atoms with Gasteiger partial charge in [-0.15, -0.1) is 0 Å². The van der Waals surface area contributed by atoms with Crippen LogP contribution in [0.1, 0.15) is 112 Å². The van der Waals surface area contributed by atoms with Crippen LogP contribution in [0.4, 0.5) is 0 Å². The molecule has 0 saturated carbocycles. The number of carboxylic acids is 1. The molecule has 6 amide bonds. The Labute approximate surface area is 566 Å². The van der Waals surface area contributed by atoms with Crippen LogP contribution < -0.4 is 57.2 Å². The molecule has 0 fully saturated rings. The average Bonchev–Trinajstić information content (AvgIpc) is 0.762. The number of carbonyl (C=O) groups is 7. The number of unbranched alkanes of at least 4 members (excludes halogenated alkanes) is 1. The van der Waals surface area contributed by atoms with Crippen LogP contribution in [0.15, 0.2) is 133 Å². The Bertz CT molecular complexity index is 4590. The number of carbonyl (C=O) groups excluding carboxylic acids is 6. The van der Waals surface area contributed by atoms with Crippen LogP contribution >= 0.6 is 23.2 Å². The number of amides is 6.